The molecule has 2 aliphatic rings. The van der Waals surface area contributed by atoms with Gasteiger partial charge in [0.05, 0.1) is 23.0 Å². The van der Waals surface area contributed by atoms with Gasteiger partial charge in [-0.05, 0) is 37.5 Å². The third-order valence-electron chi connectivity index (χ3n) is 6.21. The minimum atomic E-state index is -0.352. The van der Waals surface area contributed by atoms with E-state index in [4.69, 9.17) is 16.0 Å². The minimum Gasteiger partial charge on any atom is -0.419 e. The maximum Gasteiger partial charge on any atom is 0.249 e. The van der Waals surface area contributed by atoms with E-state index in [0.29, 0.717) is 35.5 Å². The Kier molecular flexibility index (Phi) is 5.89. The molecule has 7 nitrogen and oxygen atoms in total. The summed E-state index contributed by atoms with van der Waals surface area (Å²) in [7, 11) is 0. The molecule has 1 atom stereocenters. The molecule has 33 heavy (non-hydrogen) atoms. The summed E-state index contributed by atoms with van der Waals surface area (Å²) in [5.41, 5.74) is 2.91. The van der Waals surface area contributed by atoms with E-state index in [1.807, 2.05) is 49.4 Å². The molecule has 3 aromatic rings. The van der Waals surface area contributed by atoms with Crippen LogP contribution in [0, 0.1) is 12.8 Å². The predicted molar refractivity (Wildman–Crippen MR) is 123 cm³/mol. The molecule has 8 heteroatoms. The molecule has 0 bridgehead atoms. The molecule has 1 saturated heterocycles. The van der Waals surface area contributed by atoms with Gasteiger partial charge in [0.1, 0.15) is 0 Å². The summed E-state index contributed by atoms with van der Waals surface area (Å²) in [6.07, 6.45) is 2.14. The zero-order valence-electron chi connectivity index (χ0n) is 18.4. The number of hydrogen-bond donors (Lipinski definition) is 0. The number of amides is 2. The quantitative estimate of drug-likeness (QED) is 0.522. The van der Waals surface area contributed by atoms with E-state index in [1.54, 1.807) is 15.9 Å². The summed E-state index contributed by atoms with van der Waals surface area (Å²) in [5.74, 6) is 0.345. The van der Waals surface area contributed by atoms with Crippen molar-refractivity contribution in [2.45, 2.75) is 45.3 Å². The number of benzene rings is 2. The summed E-state index contributed by atoms with van der Waals surface area (Å²) in [6.45, 7) is 3.23. The van der Waals surface area contributed by atoms with Gasteiger partial charge in [-0.1, -0.05) is 53.6 Å². The molecule has 1 aliphatic heterocycles. The fourth-order valence-corrected chi connectivity index (χ4v) is 4.44. The lowest BCUT2D eigenvalue weighted by Crippen LogP contribution is -2.38. The van der Waals surface area contributed by atoms with Gasteiger partial charge in [0.15, 0.2) is 0 Å². The van der Waals surface area contributed by atoms with Crippen LogP contribution < -0.4 is 0 Å². The predicted octanol–water partition coefficient (Wildman–Crippen LogP) is 4.24. The number of carbonyl (C=O) groups excluding carboxylic acids is 2. The first-order valence-corrected chi connectivity index (χ1v) is 11.6. The third-order valence-corrected chi connectivity index (χ3v) is 6.53. The number of halogens is 1. The summed E-state index contributed by atoms with van der Waals surface area (Å²) in [5, 5.41) is 8.78. The molecule has 1 saturated carbocycles. The van der Waals surface area contributed by atoms with Crippen molar-refractivity contribution in [3.8, 4) is 11.5 Å². The first-order valence-electron chi connectivity index (χ1n) is 11.2. The van der Waals surface area contributed by atoms with Gasteiger partial charge in [0, 0.05) is 25.6 Å². The van der Waals surface area contributed by atoms with Gasteiger partial charge in [-0.3, -0.25) is 9.59 Å². The standard InChI is InChI=1S/C25H25ClN4O3/c1-16-6-8-17(9-7-16)13-29-14-18(12-23(29)31)25(32)30(19-10-11-19)15-22-27-28-24(33-22)20-4-2-3-5-21(20)26/h2-9,18-19H,10-15H2,1H3/t18-/m0/s1. The van der Waals surface area contributed by atoms with Crippen LogP contribution in [0.4, 0.5) is 0 Å². The molecule has 0 spiro atoms. The highest BCUT2D eigenvalue weighted by Gasteiger charge is 2.41. The number of nitrogens with zero attached hydrogens (tertiary/aromatic N) is 4. The number of aromatic nitrogens is 2. The van der Waals surface area contributed by atoms with E-state index in [2.05, 4.69) is 10.2 Å². The molecule has 2 fully saturated rings. The van der Waals surface area contributed by atoms with Crippen LogP contribution in [-0.2, 0) is 22.7 Å². The summed E-state index contributed by atoms with van der Waals surface area (Å²) >= 11 is 6.23. The molecular formula is C25H25ClN4O3. The molecule has 0 radical (unpaired) electrons. The van der Waals surface area contributed by atoms with E-state index in [0.717, 1.165) is 18.4 Å². The van der Waals surface area contributed by atoms with Crippen LogP contribution in [-0.4, -0.2) is 44.4 Å². The number of likely N-dealkylation sites (tertiary alicyclic amines) is 1. The smallest absolute Gasteiger partial charge is 0.249 e. The monoisotopic (exact) mass is 464 g/mol. The number of aryl methyl sites for hydroxylation is 1. The van der Waals surface area contributed by atoms with Crippen LogP contribution in [0.5, 0.6) is 0 Å². The molecule has 1 aromatic heterocycles. The van der Waals surface area contributed by atoms with Crippen molar-refractivity contribution >= 4 is 23.4 Å². The van der Waals surface area contributed by atoms with Crippen molar-refractivity contribution in [3.63, 3.8) is 0 Å². The molecule has 2 heterocycles. The number of hydrogen-bond acceptors (Lipinski definition) is 5. The molecule has 0 unspecified atom stereocenters. The molecule has 5 rings (SSSR count). The van der Waals surface area contributed by atoms with Gasteiger partial charge in [-0.25, -0.2) is 0 Å². The van der Waals surface area contributed by atoms with Crippen molar-refractivity contribution in [2.75, 3.05) is 6.54 Å². The van der Waals surface area contributed by atoms with Gasteiger partial charge >= 0.3 is 0 Å². The van der Waals surface area contributed by atoms with E-state index in [9.17, 15) is 9.59 Å². The maximum atomic E-state index is 13.4. The average Bonchev–Trinajstić information content (AvgIpc) is 3.44. The lowest BCUT2D eigenvalue weighted by Gasteiger charge is -2.24. The Morgan fingerprint density at radius 2 is 1.91 bits per heavy atom. The lowest BCUT2D eigenvalue weighted by molar-refractivity contribution is -0.137. The topological polar surface area (TPSA) is 79.5 Å². The lowest BCUT2D eigenvalue weighted by atomic mass is 10.1. The minimum absolute atomic E-state index is 0.0171. The van der Waals surface area contributed by atoms with Gasteiger partial charge < -0.3 is 14.2 Å². The van der Waals surface area contributed by atoms with Crippen LogP contribution in [0.1, 0.15) is 36.3 Å². The van der Waals surface area contributed by atoms with Crippen LogP contribution >= 0.6 is 11.6 Å². The Balaban J connectivity index is 1.26. The van der Waals surface area contributed by atoms with Crippen molar-refractivity contribution in [3.05, 3.63) is 70.6 Å². The van der Waals surface area contributed by atoms with Crippen LogP contribution in [0.25, 0.3) is 11.5 Å². The number of carbonyl (C=O) groups is 2. The van der Waals surface area contributed by atoms with Crippen LogP contribution in [0.2, 0.25) is 5.02 Å². The van der Waals surface area contributed by atoms with Gasteiger partial charge in [0.2, 0.25) is 23.6 Å². The Bertz CT molecular complexity index is 1170. The Labute approximate surface area is 197 Å². The summed E-state index contributed by atoms with van der Waals surface area (Å²) in [4.78, 5) is 29.6. The third kappa shape index (κ3) is 4.78. The second-order valence-corrected chi connectivity index (χ2v) is 9.25. The van der Waals surface area contributed by atoms with Gasteiger partial charge in [0.25, 0.3) is 0 Å². The highest BCUT2D eigenvalue weighted by molar-refractivity contribution is 6.33. The molecule has 2 aromatic carbocycles. The average molecular weight is 465 g/mol. The van der Waals surface area contributed by atoms with Crippen molar-refractivity contribution < 1.29 is 14.0 Å². The molecule has 0 N–H and O–H groups in total. The Morgan fingerprint density at radius 3 is 2.64 bits per heavy atom. The number of rotatable bonds is 7. The molecule has 2 amide bonds. The normalized spacial score (nSPS) is 18.1. The van der Waals surface area contributed by atoms with Crippen LogP contribution in [0.3, 0.4) is 0 Å². The zero-order chi connectivity index (χ0) is 22.9. The second kappa shape index (κ2) is 8.98. The molecule has 1 aliphatic carbocycles. The fraction of sp³-hybridized carbons (Fsp3) is 0.360. The first kappa shape index (κ1) is 21.6. The van der Waals surface area contributed by atoms with Gasteiger partial charge in [-0.2, -0.15) is 0 Å². The summed E-state index contributed by atoms with van der Waals surface area (Å²) < 4.78 is 5.82. The SMILES string of the molecule is Cc1ccc(CN2C[C@@H](C(=O)N(Cc3nnc(-c4ccccc4Cl)o3)C3CC3)CC2=O)cc1. The van der Waals surface area contributed by atoms with E-state index < -0.39 is 0 Å². The molecule has 170 valence electrons. The first-order chi connectivity index (χ1) is 16.0. The fourth-order valence-electron chi connectivity index (χ4n) is 4.22. The van der Waals surface area contributed by atoms with Gasteiger partial charge in [-0.15, -0.1) is 10.2 Å². The van der Waals surface area contributed by atoms with Crippen molar-refractivity contribution in [1.82, 2.24) is 20.0 Å². The Hall–Kier alpha value is -3.19. The van der Waals surface area contributed by atoms with Crippen LogP contribution in [0.15, 0.2) is 52.9 Å². The summed E-state index contributed by atoms with van der Waals surface area (Å²) in [6, 6.07) is 15.6. The van der Waals surface area contributed by atoms with E-state index >= 15 is 0 Å². The van der Waals surface area contributed by atoms with Crippen molar-refractivity contribution in [2.24, 2.45) is 5.92 Å². The van der Waals surface area contributed by atoms with E-state index in [-0.39, 0.29) is 36.7 Å². The Morgan fingerprint density at radius 1 is 1.15 bits per heavy atom. The second-order valence-electron chi connectivity index (χ2n) is 8.84. The highest BCUT2D eigenvalue weighted by Crippen LogP contribution is 2.33. The van der Waals surface area contributed by atoms with Crippen molar-refractivity contribution in [1.29, 1.82) is 0 Å². The largest absolute Gasteiger partial charge is 0.419 e. The zero-order valence-corrected chi connectivity index (χ0v) is 19.2. The highest BCUT2D eigenvalue weighted by atomic mass is 35.5. The van der Waals surface area contributed by atoms with E-state index in [1.165, 1.54) is 5.56 Å². The maximum absolute atomic E-state index is 13.4. The molecular weight excluding hydrogens is 440 g/mol.